The van der Waals surface area contributed by atoms with E-state index in [1.54, 1.807) is 24.3 Å². The summed E-state index contributed by atoms with van der Waals surface area (Å²) in [5.41, 5.74) is 1.35. The van der Waals surface area contributed by atoms with Crippen molar-refractivity contribution in [2.45, 2.75) is 6.42 Å². The highest BCUT2D eigenvalue weighted by atomic mass is 35.5. The molecule has 0 amide bonds. The number of nitrogens with zero attached hydrogens (tertiary/aromatic N) is 2. The highest BCUT2D eigenvalue weighted by molar-refractivity contribution is 6.42. The lowest BCUT2D eigenvalue weighted by molar-refractivity contribution is 0.0992. The Kier molecular flexibility index (Phi) is 3.71. The van der Waals surface area contributed by atoms with Crippen molar-refractivity contribution in [1.82, 2.24) is 10.2 Å². The van der Waals surface area contributed by atoms with Crippen LogP contribution in [0, 0.1) is 0 Å². The van der Waals surface area contributed by atoms with Gasteiger partial charge in [-0.3, -0.25) is 4.79 Å². The Bertz CT molecular complexity index is 543. The quantitative estimate of drug-likeness (QED) is 0.802. The zero-order chi connectivity index (χ0) is 12.3. The molecular formula is C12H8Cl2N2O. The fourth-order valence-electron chi connectivity index (χ4n) is 1.39. The van der Waals surface area contributed by atoms with Crippen LogP contribution in [0.2, 0.25) is 10.0 Å². The van der Waals surface area contributed by atoms with Crippen molar-refractivity contribution in [2.24, 2.45) is 0 Å². The van der Waals surface area contributed by atoms with Gasteiger partial charge in [0.25, 0.3) is 0 Å². The van der Waals surface area contributed by atoms with Gasteiger partial charge in [0.15, 0.2) is 5.78 Å². The summed E-state index contributed by atoms with van der Waals surface area (Å²) >= 11 is 11.7. The van der Waals surface area contributed by atoms with Gasteiger partial charge in [0.05, 0.1) is 22.4 Å². The van der Waals surface area contributed by atoms with Crippen molar-refractivity contribution in [3.05, 3.63) is 57.8 Å². The Morgan fingerprint density at radius 1 is 1.12 bits per heavy atom. The molecular weight excluding hydrogens is 259 g/mol. The molecule has 0 aliphatic carbocycles. The van der Waals surface area contributed by atoms with Crippen LogP contribution in [0.25, 0.3) is 0 Å². The third-order valence-electron chi connectivity index (χ3n) is 2.25. The fourth-order valence-corrected chi connectivity index (χ4v) is 1.71. The van der Waals surface area contributed by atoms with Gasteiger partial charge in [0.2, 0.25) is 0 Å². The smallest absolute Gasteiger partial charge is 0.168 e. The van der Waals surface area contributed by atoms with Crippen LogP contribution in [0.4, 0.5) is 0 Å². The maximum absolute atomic E-state index is 11.9. The molecule has 0 N–H and O–H groups in total. The number of benzene rings is 1. The van der Waals surface area contributed by atoms with Gasteiger partial charge in [-0.15, -0.1) is 0 Å². The summed E-state index contributed by atoms with van der Waals surface area (Å²) in [5.74, 6) is -0.0294. The molecule has 3 nitrogen and oxygen atoms in total. The van der Waals surface area contributed by atoms with Crippen LogP contribution in [-0.4, -0.2) is 16.0 Å². The Balaban J connectivity index is 2.16. The standard InChI is InChI=1S/C12H8Cl2N2O/c13-10-2-1-8(5-11(10)14)6-12(17)9-3-4-15-16-7-9/h1-5,7H,6H2. The number of carbonyl (C=O) groups is 1. The van der Waals surface area contributed by atoms with Crippen LogP contribution in [-0.2, 0) is 6.42 Å². The summed E-state index contributed by atoms with van der Waals surface area (Å²) in [7, 11) is 0. The van der Waals surface area contributed by atoms with Crippen LogP contribution in [0.1, 0.15) is 15.9 Å². The first-order chi connectivity index (χ1) is 8.16. The zero-order valence-corrected chi connectivity index (χ0v) is 10.2. The molecule has 86 valence electrons. The molecule has 0 radical (unpaired) electrons. The largest absolute Gasteiger partial charge is 0.294 e. The summed E-state index contributed by atoms with van der Waals surface area (Å²) < 4.78 is 0. The Hall–Kier alpha value is -1.45. The fraction of sp³-hybridized carbons (Fsp3) is 0.0833. The molecule has 5 heteroatoms. The average Bonchev–Trinajstić information content (AvgIpc) is 2.35. The molecule has 2 aromatic rings. The number of ketones is 1. The highest BCUT2D eigenvalue weighted by Crippen LogP contribution is 2.23. The lowest BCUT2D eigenvalue weighted by Gasteiger charge is -2.02. The minimum atomic E-state index is -0.0294. The third kappa shape index (κ3) is 3.02. The maximum Gasteiger partial charge on any atom is 0.168 e. The lowest BCUT2D eigenvalue weighted by atomic mass is 10.1. The van der Waals surface area contributed by atoms with Gasteiger partial charge in [0.1, 0.15) is 0 Å². The average molecular weight is 267 g/mol. The van der Waals surface area contributed by atoms with Crippen LogP contribution < -0.4 is 0 Å². The molecule has 0 bridgehead atoms. The van der Waals surface area contributed by atoms with E-state index in [0.29, 0.717) is 15.6 Å². The molecule has 2 rings (SSSR count). The highest BCUT2D eigenvalue weighted by Gasteiger charge is 2.08. The van der Waals surface area contributed by atoms with Crippen LogP contribution >= 0.6 is 23.2 Å². The van der Waals surface area contributed by atoms with E-state index in [0.717, 1.165) is 5.56 Å². The first-order valence-corrected chi connectivity index (χ1v) is 5.66. The molecule has 1 aromatic carbocycles. The number of carbonyl (C=O) groups excluding carboxylic acids is 1. The van der Waals surface area contributed by atoms with Gasteiger partial charge in [-0.25, -0.2) is 0 Å². The molecule has 1 heterocycles. The van der Waals surface area contributed by atoms with Crippen LogP contribution in [0.5, 0.6) is 0 Å². The number of Topliss-reactive ketones (excluding diaryl/α,β-unsaturated/α-hetero) is 1. The number of aromatic nitrogens is 2. The number of hydrogen-bond acceptors (Lipinski definition) is 3. The molecule has 0 unspecified atom stereocenters. The van der Waals surface area contributed by atoms with Crippen molar-refractivity contribution in [1.29, 1.82) is 0 Å². The molecule has 17 heavy (non-hydrogen) atoms. The van der Waals surface area contributed by atoms with Crippen LogP contribution in [0.15, 0.2) is 36.7 Å². The first kappa shape index (κ1) is 12.0. The molecule has 0 saturated carbocycles. The number of hydrogen-bond donors (Lipinski definition) is 0. The molecule has 0 aliphatic heterocycles. The van der Waals surface area contributed by atoms with Crippen molar-refractivity contribution >= 4 is 29.0 Å². The van der Waals surface area contributed by atoms with Crippen molar-refractivity contribution < 1.29 is 4.79 Å². The van der Waals surface area contributed by atoms with Gasteiger partial charge in [-0.05, 0) is 23.8 Å². The molecule has 0 atom stereocenters. The molecule has 1 aromatic heterocycles. The van der Waals surface area contributed by atoms with Crippen LogP contribution in [0.3, 0.4) is 0 Å². The van der Waals surface area contributed by atoms with E-state index in [-0.39, 0.29) is 12.2 Å². The predicted molar refractivity (Wildman–Crippen MR) is 66.5 cm³/mol. The van der Waals surface area contributed by atoms with Crippen molar-refractivity contribution in [3.63, 3.8) is 0 Å². The van der Waals surface area contributed by atoms with Gasteiger partial charge in [0, 0.05) is 12.0 Å². The van der Waals surface area contributed by atoms with Crippen molar-refractivity contribution in [3.8, 4) is 0 Å². The normalized spacial score (nSPS) is 10.2. The predicted octanol–water partition coefficient (Wildman–Crippen LogP) is 3.21. The monoisotopic (exact) mass is 266 g/mol. The molecule has 0 saturated heterocycles. The first-order valence-electron chi connectivity index (χ1n) is 4.90. The summed E-state index contributed by atoms with van der Waals surface area (Å²) in [6.07, 6.45) is 3.20. The number of halogens is 2. The second-order valence-corrected chi connectivity index (χ2v) is 4.29. The van der Waals surface area contributed by atoms with E-state index in [1.807, 2.05) is 0 Å². The second-order valence-electron chi connectivity index (χ2n) is 3.48. The summed E-state index contributed by atoms with van der Waals surface area (Å²) in [6.45, 7) is 0. The third-order valence-corrected chi connectivity index (χ3v) is 2.99. The van der Waals surface area contributed by atoms with Gasteiger partial charge in [-0.1, -0.05) is 29.3 Å². The van der Waals surface area contributed by atoms with E-state index in [1.165, 1.54) is 12.4 Å². The van der Waals surface area contributed by atoms with E-state index < -0.39 is 0 Å². The maximum atomic E-state index is 11.9. The summed E-state index contributed by atoms with van der Waals surface area (Å²) in [5, 5.41) is 8.21. The lowest BCUT2D eigenvalue weighted by Crippen LogP contribution is -2.04. The second kappa shape index (κ2) is 5.25. The minimum Gasteiger partial charge on any atom is -0.294 e. The van der Waals surface area contributed by atoms with Gasteiger partial charge < -0.3 is 0 Å². The SMILES string of the molecule is O=C(Cc1ccc(Cl)c(Cl)c1)c1ccnnc1. The van der Waals surface area contributed by atoms with E-state index in [9.17, 15) is 4.79 Å². The van der Waals surface area contributed by atoms with E-state index >= 15 is 0 Å². The Labute approximate surface area is 108 Å². The molecule has 0 spiro atoms. The topological polar surface area (TPSA) is 42.9 Å². The van der Waals surface area contributed by atoms with E-state index in [2.05, 4.69) is 10.2 Å². The Morgan fingerprint density at radius 3 is 2.59 bits per heavy atom. The molecule has 0 aliphatic rings. The van der Waals surface area contributed by atoms with Gasteiger partial charge >= 0.3 is 0 Å². The number of rotatable bonds is 3. The zero-order valence-electron chi connectivity index (χ0n) is 8.73. The Morgan fingerprint density at radius 2 is 1.94 bits per heavy atom. The van der Waals surface area contributed by atoms with Gasteiger partial charge in [-0.2, -0.15) is 10.2 Å². The van der Waals surface area contributed by atoms with E-state index in [4.69, 9.17) is 23.2 Å². The minimum absolute atomic E-state index is 0.0294. The van der Waals surface area contributed by atoms with Crippen molar-refractivity contribution in [2.75, 3.05) is 0 Å². The summed E-state index contributed by atoms with van der Waals surface area (Å²) in [4.78, 5) is 11.9. The summed E-state index contributed by atoms with van der Waals surface area (Å²) in [6, 6.07) is 6.78. The molecule has 0 fully saturated rings.